The number of carbonyl (C=O) groups excluding carboxylic acids is 3. The number of ether oxygens (including phenoxy) is 3. The molecule has 0 bridgehead atoms. The fraction of sp³-hybridized carbons (Fsp3) is 0.444. The number of halogens is 1. The van der Waals surface area contributed by atoms with Gasteiger partial charge >= 0.3 is 0 Å². The van der Waals surface area contributed by atoms with Crippen LogP contribution in [0.1, 0.15) is 68.8 Å². The van der Waals surface area contributed by atoms with Crippen LogP contribution in [-0.2, 0) is 20.7 Å². The number of rotatable bonds is 5. The minimum atomic E-state index is -2.24. The monoisotopic (exact) mass is 579 g/mol. The van der Waals surface area contributed by atoms with Crippen LogP contribution in [0.4, 0.5) is 0 Å². The second-order valence-corrected chi connectivity index (χ2v) is 10.2. The number of hydrogen-bond acceptors (Lipinski definition) is 12. The number of methoxy groups -OCH3 is 1. The van der Waals surface area contributed by atoms with E-state index in [2.05, 4.69) is 0 Å². The zero-order chi connectivity index (χ0) is 28.4. The molecule has 6 atom stereocenters. The number of phenols is 2. The molecule has 1 heterocycles. The van der Waals surface area contributed by atoms with Gasteiger partial charge in [0, 0.05) is 42.0 Å². The summed E-state index contributed by atoms with van der Waals surface area (Å²) in [5.41, 5.74) is 2.37. The lowest BCUT2D eigenvalue weighted by molar-refractivity contribution is -0.247. The van der Waals surface area contributed by atoms with Gasteiger partial charge in [0.25, 0.3) is 0 Å². The summed E-state index contributed by atoms with van der Waals surface area (Å²) < 4.78 is 17.0. The lowest BCUT2D eigenvalue weighted by Crippen LogP contribution is -2.53. The highest BCUT2D eigenvalue weighted by Crippen LogP contribution is 2.52. The number of aromatic hydroxyl groups is 2. The van der Waals surface area contributed by atoms with Crippen LogP contribution in [0.15, 0.2) is 18.2 Å². The fourth-order valence-corrected chi connectivity index (χ4v) is 5.75. The van der Waals surface area contributed by atoms with Gasteiger partial charge in [0.2, 0.25) is 5.78 Å². The molecular formula is C27H30ClNO11. The molecule has 0 radical (unpaired) electrons. The highest BCUT2D eigenvalue weighted by molar-refractivity contribution is 6.31. The predicted molar refractivity (Wildman–Crippen MR) is 139 cm³/mol. The predicted octanol–water partition coefficient (Wildman–Crippen LogP) is 0.423. The van der Waals surface area contributed by atoms with Gasteiger partial charge in [-0.25, -0.2) is 0 Å². The molecule has 1 fully saturated rings. The van der Waals surface area contributed by atoms with Crippen molar-refractivity contribution in [1.29, 1.82) is 0 Å². The van der Waals surface area contributed by atoms with E-state index in [0.29, 0.717) is 0 Å². The molecule has 13 heteroatoms. The Labute approximate surface area is 234 Å². The molecule has 0 aromatic heterocycles. The molecule has 2 aromatic rings. The summed E-state index contributed by atoms with van der Waals surface area (Å²) in [5.74, 6) is -3.77. The molecule has 1 saturated heterocycles. The summed E-state index contributed by atoms with van der Waals surface area (Å²) in [6, 6.07) is 3.64. The highest BCUT2D eigenvalue weighted by Gasteiger charge is 2.50. The largest absolute Gasteiger partial charge is 0.507 e. The summed E-state index contributed by atoms with van der Waals surface area (Å²) in [4.78, 5) is 39.7. The third-order valence-electron chi connectivity index (χ3n) is 7.81. The fourth-order valence-electron chi connectivity index (χ4n) is 5.75. The molecule has 3 aliphatic rings. The third-order valence-corrected chi connectivity index (χ3v) is 7.81. The van der Waals surface area contributed by atoms with Crippen LogP contribution in [0.25, 0.3) is 0 Å². The Balaban J connectivity index is 0.00000370. The lowest BCUT2D eigenvalue weighted by atomic mass is 9.72. The maximum atomic E-state index is 13.6. The van der Waals surface area contributed by atoms with Crippen LogP contribution in [0, 0.1) is 0 Å². The number of Topliss-reactive ketones (excluding diaryl/α,β-unsaturated/α-hetero) is 1. The van der Waals surface area contributed by atoms with Gasteiger partial charge in [-0.15, -0.1) is 12.4 Å². The summed E-state index contributed by atoms with van der Waals surface area (Å²) in [7, 11) is 1.32. The Morgan fingerprint density at radius 3 is 2.45 bits per heavy atom. The van der Waals surface area contributed by atoms with Crippen molar-refractivity contribution in [2.45, 2.75) is 62.4 Å². The highest BCUT2D eigenvalue weighted by atomic mass is 35.5. The molecule has 12 nitrogen and oxygen atoms in total. The quantitative estimate of drug-likeness (QED) is 0.227. The first-order chi connectivity index (χ1) is 18.4. The van der Waals surface area contributed by atoms with Gasteiger partial charge in [0.05, 0.1) is 42.1 Å². The molecule has 7 N–H and O–H groups in total. The van der Waals surface area contributed by atoms with Crippen LogP contribution in [0.5, 0.6) is 17.2 Å². The van der Waals surface area contributed by atoms with E-state index in [1.54, 1.807) is 6.92 Å². The molecule has 0 saturated carbocycles. The molecule has 2 aromatic carbocycles. The zero-order valence-corrected chi connectivity index (χ0v) is 22.4. The maximum Gasteiger partial charge on any atom is 0.202 e. The first kappa shape index (κ1) is 29.9. The van der Waals surface area contributed by atoms with Crippen molar-refractivity contribution >= 4 is 29.8 Å². The molecule has 1 aliphatic heterocycles. The Morgan fingerprint density at radius 2 is 1.82 bits per heavy atom. The Morgan fingerprint density at radius 1 is 1.15 bits per heavy atom. The zero-order valence-electron chi connectivity index (χ0n) is 21.6. The number of fused-ring (bicyclic) bond motifs is 3. The van der Waals surface area contributed by atoms with Gasteiger partial charge in [-0.05, 0) is 13.0 Å². The molecule has 0 spiro atoms. The molecular weight excluding hydrogens is 550 g/mol. The third kappa shape index (κ3) is 4.45. The van der Waals surface area contributed by atoms with E-state index in [1.807, 2.05) is 0 Å². The van der Waals surface area contributed by atoms with E-state index >= 15 is 0 Å². The van der Waals surface area contributed by atoms with E-state index in [4.69, 9.17) is 19.9 Å². The Kier molecular flexibility index (Phi) is 8.00. The van der Waals surface area contributed by atoms with Gasteiger partial charge in [0.1, 0.15) is 29.5 Å². The number of ketones is 3. The van der Waals surface area contributed by atoms with Crippen molar-refractivity contribution in [3.05, 3.63) is 51.6 Å². The normalized spacial score (nSPS) is 29.1. The minimum absolute atomic E-state index is 0. The van der Waals surface area contributed by atoms with Crippen molar-refractivity contribution in [2.24, 2.45) is 5.73 Å². The van der Waals surface area contributed by atoms with Crippen molar-refractivity contribution in [2.75, 3.05) is 13.7 Å². The van der Waals surface area contributed by atoms with Gasteiger partial charge in [-0.2, -0.15) is 0 Å². The minimum Gasteiger partial charge on any atom is -0.507 e. The van der Waals surface area contributed by atoms with Crippen LogP contribution < -0.4 is 10.5 Å². The van der Waals surface area contributed by atoms with E-state index in [0.717, 1.165) is 0 Å². The number of benzene rings is 2. The topological polar surface area (TPSA) is 206 Å². The second kappa shape index (κ2) is 10.7. The van der Waals surface area contributed by atoms with Crippen LogP contribution in [0.3, 0.4) is 0 Å². The van der Waals surface area contributed by atoms with Gasteiger partial charge in [-0.3, -0.25) is 14.4 Å². The van der Waals surface area contributed by atoms with Crippen molar-refractivity contribution in [3.63, 3.8) is 0 Å². The van der Waals surface area contributed by atoms with E-state index < -0.39 is 95.7 Å². The Bertz CT molecular complexity index is 1380. The van der Waals surface area contributed by atoms with Crippen molar-refractivity contribution < 1.29 is 54.1 Å². The summed E-state index contributed by atoms with van der Waals surface area (Å²) in [6.07, 6.45) is -5.12. The van der Waals surface area contributed by atoms with Crippen LogP contribution >= 0.6 is 12.4 Å². The number of hydrogen-bond donors (Lipinski definition) is 6. The number of aliphatic hydroxyl groups excluding tert-OH is 2. The summed E-state index contributed by atoms with van der Waals surface area (Å²) in [6.45, 7) is 0.560. The average molecular weight is 580 g/mol. The van der Waals surface area contributed by atoms with Crippen molar-refractivity contribution in [3.8, 4) is 17.2 Å². The number of aliphatic hydroxyl groups is 3. The number of carbonyl (C=O) groups is 3. The van der Waals surface area contributed by atoms with Crippen LogP contribution in [-0.4, -0.2) is 86.7 Å². The van der Waals surface area contributed by atoms with E-state index in [9.17, 15) is 39.9 Å². The van der Waals surface area contributed by atoms with Gasteiger partial charge < -0.3 is 45.5 Å². The number of nitrogens with two attached hydrogens (primary N) is 1. The molecule has 0 unspecified atom stereocenters. The van der Waals surface area contributed by atoms with E-state index in [1.165, 1.54) is 25.3 Å². The second-order valence-electron chi connectivity index (χ2n) is 10.2. The molecule has 2 aliphatic carbocycles. The molecule has 216 valence electrons. The first-order valence-corrected chi connectivity index (χ1v) is 12.4. The first-order valence-electron chi connectivity index (χ1n) is 12.4. The standard InChI is InChI=1S/C27H29NO11.ClH/c1-10-22(31)13(28)6-17(38-10)39-15-8-27(36,16(30)9-29)7-12-19(15)26(35)21-20(24(12)33)23(32)11-4-3-5-14(37-2)18(11)25(21)34;/h3-5,10,13,15,17,22,29,31,33,35-36H,6-9,28H2,1-2H3;1H/t10-,13-,15-,17+,22+,27-;/m0./s1. The SMILES string of the molecule is COc1cccc2c1C(=O)c1c(O)c3c(c(O)c1C2=O)C[C@@](O)(C(=O)CO)C[C@@H]3O[C@@H]1C[C@H](N)[C@H](O)[C@H](C)O1.Cl. The molecule has 40 heavy (non-hydrogen) atoms. The van der Waals surface area contributed by atoms with Gasteiger partial charge in [0.15, 0.2) is 17.9 Å². The average Bonchev–Trinajstić information content (AvgIpc) is 2.90. The maximum absolute atomic E-state index is 13.6. The lowest BCUT2D eigenvalue weighted by Gasteiger charge is -2.42. The van der Waals surface area contributed by atoms with E-state index in [-0.39, 0.29) is 46.8 Å². The summed E-state index contributed by atoms with van der Waals surface area (Å²) in [5, 5.41) is 53.7. The van der Waals surface area contributed by atoms with Crippen molar-refractivity contribution in [1.82, 2.24) is 0 Å². The molecule has 5 rings (SSSR count). The molecule has 0 amide bonds. The smallest absolute Gasteiger partial charge is 0.202 e. The van der Waals surface area contributed by atoms with Gasteiger partial charge in [-0.1, -0.05) is 12.1 Å². The number of phenolic OH excluding ortho intramolecular Hbond substituents is 2. The summed E-state index contributed by atoms with van der Waals surface area (Å²) >= 11 is 0. The Hall–Kier alpha value is -3.10. The van der Waals surface area contributed by atoms with Crippen LogP contribution in [0.2, 0.25) is 0 Å².